The van der Waals surface area contributed by atoms with E-state index in [4.69, 9.17) is 4.74 Å². The van der Waals surface area contributed by atoms with Crippen LogP contribution in [0.25, 0.3) is 11.1 Å². The van der Waals surface area contributed by atoms with Crippen LogP contribution in [0.3, 0.4) is 0 Å². The van der Waals surface area contributed by atoms with Gasteiger partial charge in [0.1, 0.15) is 23.1 Å². The molecule has 0 saturated carbocycles. The number of phenols is 1. The minimum atomic E-state index is -1.28. The maximum absolute atomic E-state index is 11.8. The highest BCUT2D eigenvalue weighted by Crippen LogP contribution is 2.32. The van der Waals surface area contributed by atoms with Crippen molar-refractivity contribution in [2.24, 2.45) is 5.10 Å². The first-order valence-corrected chi connectivity index (χ1v) is 8.57. The van der Waals surface area contributed by atoms with E-state index in [2.05, 4.69) is 10.5 Å². The lowest BCUT2D eigenvalue weighted by atomic mass is 9.95. The summed E-state index contributed by atoms with van der Waals surface area (Å²) >= 11 is 0. The quantitative estimate of drug-likeness (QED) is 0.437. The van der Waals surface area contributed by atoms with Gasteiger partial charge in [0.2, 0.25) is 0 Å². The molecule has 0 saturated heterocycles. The molecule has 0 aliphatic heterocycles. The van der Waals surface area contributed by atoms with Crippen LogP contribution < -0.4 is 10.2 Å². The fourth-order valence-electron chi connectivity index (χ4n) is 2.75. The van der Waals surface area contributed by atoms with Crippen LogP contribution in [0.5, 0.6) is 11.5 Å². The molecule has 0 spiro atoms. The molecule has 3 aromatic carbocycles. The highest BCUT2D eigenvalue weighted by Gasteiger charge is 2.19. The number of rotatable bonds is 6. The van der Waals surface area contributed by atoms with E-state index in [1.807, 2.05) is 12.1 Å². The summed E-state index contributed by atoms with van der Waals surface area (Å²) in [6.45, 7) is 0. The number of nitriles is 1. The van der Waals surface area contributed by atoms with Gasteiger partial charge in [-0.1, -0.05) is 30.3 Å². The Balaban J connectivity index is 2.09. The number of nitrogens with one attached hydrogen (secondary N) is 1. The van der Waals surface area contributed by atoms with Crippen LogP contribution in [0.15, 0.2) is 71.8 Å². The number of ether oxygens (including phenoxy) is 1. The summed E-state index contributed by atoms with van der Waals surface area (Å²) in [5.41, 5.74) is 4.21. The molecule has 3 aromatic rings. The van der Waals surface area contributed by atoms with Crippen molar-refractivity contribution in [2.45, 2.75) is 0 Å². The molecule has 0 aliphatic rings. The number of aromatic hydroxyl groups is 1. The number of para-hydroxylation sites is 1. The van der Waals surface area contributed by atoms with Crippen LogP contribution in [-0.4, -0.2) is 29.0 Å². The van der Waals surface area contributed by atoms with Crippen LogP contribution in [-0.2, 0) is 4.79 Å². The third-order valence-corrected chi connectivity index (χ3v) is 4.18. The maximum atomic E-state index is 11.8. The summed E-state index contributed by atoms with van der Waals surface area (Å²) in [5.74, 6) is -0.977. The number of hydrogen-bond donors (Lipinski definition) is 3. The van der Waals surface area contributed by atoms with Crippen LogP contribution in [0.4, 0.5) is 5.69 Å². The summed E-state index contributed by atoms with van der Waals surface area (Å²) < 4.78 is 5.13. The van der Waals surface area contributed by atoms with Crippen molar-refractivity contribution in [1.29, 1.82) is 5.26 Å². The smallest absolute Gasteiger partial charge is 0.356 e. The Hall–Kier alpha value is -4.31. The van der Waals surface area contributed by atoms with E-state index in [9.17, 15) is 20.3 Å². The highest BCUT2D eigenvalue weighted by molar-refractivity contribution is 6.42. The SMILES string of the molecule is COc1ccc(-c2cc(/C(=N\Nc3ccccc3)C(=O)O)cc(O)c2C#N)cc1. The zero-order chi connectivity index (χ0) is 20.8. The number of benzene rings is 3. The van der Waals surface area contributed by atoms with Gasteiger partial charge in [0, 0.05) is 11.1 Å². The third-order valence-electron chi connectivity index (χ3n) is 4.18. The predicted molar refractivity (Wildman–Crippen MR) is 109 cm³/mol. The van der Waals surface area contributed by atoms with E-state index in [0.29, 0.717) is 22.6 Å². The van der Waals surface area contributed by atoms with Crippen molar-refractivity contribution in [1.82, 2.24) is 0 Å². The van der Waals surface area contributed by atoms with E-state index in [-0.39, 0.29) is 22.6 Å². The van der Waals surface area contributed by atoms with Crippen LogP contribution in [0, 0.1) is 11.3 Å². The minimum Gasteiger partial charge on any atom is -0.507 e. The Labute approximate surface area is 167 Å². The normalized spacial score (nSPS) is 10.8. The van der Waals surface area contributed by atoms with E-state index < -0.39 is 5.97 Å². The fraction of sp³-hybridized carbons (Fsp3) is 0.0455. The zero-order valence-electron chi connectivity index (χ0n) is 15.5. The van der Waals surface area contributed by atoms with Gasteiger partial charge < -0.3 is 14.9 Å². The Morgan fingerprint density at radius 1 is 1.10 bits per heavy atom. The van der Waals surface area contributed by atoms with Gasteiger partial charge >= 0.3 is 5.97 Å². The molecule has 0 bridgehead atoms. The molecule has 0 amide bonds. The van der Waals surface area contributed by atoms with Gasteiger partial charge in [0.15, 0.2) is 5.71 Å². The number of hydrogen-bond acceptors (Lipinski definition) is 6. The molecule has 0 fully saturated rings. The van der Waals surface area contributed by atoms with Crippen molar-refractivity contribution in [2.75, 3.05) is 12.5 Å². The summed E-state index contributed by atoms with van der Waals surface area (Å²) in [5, 5.41) is 33.4. The molecule has 0 radical (unpaired) electrons. The molecule has 144 valence electrons. The average molecular weight is 387 g/mol. The summed E-state index contributed by atoms with van der Waals surface area (Å²) in [7, 11) is 1.54. The second-order valence-corrected chi connectivity index (χ2v) is 6.00. The Morgan fingerprint density at radius 2 is 1.79 bits per heavy atom. The number of carboxylic acid groups (broad SMARTS) is 1. The first-order chi connectivity index (χ1) is 14.0. The largest absolute Gasteiger partial charge is 0.507 e. The maximum Gasteiger partial charge on any atom is 0.356 e. The average Bonchev–Trinajstić information content (AvgIpc) is 2.74. The minimum absolute atomic E-state index is 0.0414. The van der Waals surface area contributed by atoms with Crippen molar-refractivity contribution >= 4 is 17.4 Å². The molecular formula is C22H17N3O4. The first-order valence-electron chi connectivity index (χ1n) is 8.57. The molecule has 7 nitrogen and oxygen atoms in total. The Morgan fingerprint density at radius 3 is 2.38 bits per heavy atom. The van der Waals surface area contributed by atoms with Crippen LogP contribution >= 0.6 is 0 Å². The molecule has 0 atom stereocenters. The third kappa shape index (κ3) is 4.34. The van der Waals surface area contributed by atoms with Gasteiger partial charge in [-0.05, 0) is 42.0 Å². The van der Waals surface area contributed by atoms with E-state index >= 15 is 0 Å². The number of carboxylic acids is 1. The molecule has 3 rings (SSSR count). The van der Waals surface area contributed by atoms with E-state index in [1.54, 1.807) is 48.5 Å². The number of methoxy groups -OCH3 is 1. The monoisotopic (exact) mass is 387 g/mol. The number of aliphatic carboxylic acids is 1. The van der Waals surface area contributed by atoms with Gasteiger partial charge in [0.25, 0.3) is 0 Å². The Kier molecular flexibility index (Phi) is 5.76. The summed E-state index contributed by atoms with van der Waals surface area (Å²) in [6, 6.07) is 20.4. The summed E-state index contributed by atoms with van der Waals surface area (Å²) in [6.07, 6.45) is 0. The second kappa shape index (κ2) is 8.59. The molecule has 0 aliphatic carbocycles. The molecule has 3 N–H and O–H groups in total. The molecule has 0 heterocycles. The summed E-state index contributed by atoms with van der Waals surface area (Å²) in [4.78, 5) is 11.8. The Bertz CT molecular complexity index is 1100. The lowest BCUT2D eigenvalue weighted by molar-refractivity contribution is -0.129. The standard InChI is InChI=1S/C22H17N3O4/c1-29-17-9-7-14(8-10-17)18-11-15(12-20(26)19(18)13-23)21(22(27)28)25-24-16-5-3-2-4-6-16/h2-12,24,26H,1H3,(H,27,28)/b25-21+. The van der Waals surface area contributed by atoms with Crippen molar-refractivity contribution in [3.63, 3.8) is 0 Å². The van der Waals surface area contributed by atoms with Crippen molar-refractivity contribution < 1.29 is 19.7 Å². The predicted octanol–water partition coefficient (Wildman–Crippen LogP) is 3.84. The van der Waals surface area contributed by atoms with Crippen molar-refractivity contribution in [3.8, 4) is 28.7 Å². The molecule has 7 heteroatoms. The van der Waals surface area contributed by atoms with Gasteiger partial charge in [0.05, 0.1) is 12.8 Å². The lowest BCUT2D eigenvalue weighted by Crippen LogP contribution is -2.16. The lowest BCUT2D eigenvalue weighted by Gasteiger charge is -2.11. The van der Waals surface area contributed by atoms with E-state index in [0.717, 1.165) is 0 Å². The highest BCUT2D eigenvalue weighted by atomic mass is 16.5. The van der Waals surface area contributed by atoms with Crippen molar-refractivity contribution in [3.05, 3.63) is 77.9 Å². The first kappa shape index (κ1) is 19.5. The number of carbonyl (C=O) groups is 1. The molecular weight excluding hydrogens is 370 g/mol. The molecule has 0 unspecified atom stereocenters. The number of nitrogens with zero attached hydrogens (tertiary/aromatic N) is 2. The molecule has 29 heavy (non-hydrogen) atoms. The van der Waals surface area contributed by atoms with Gasteiger partial charge in [-0.25, -0.2) is 4.79 Å². The van der Waals surface area contributed by atoms with Crippen LogP contribution in [0.1, 0.15) is 11.1 Å². The topological polar surface area (TPSA) is 115 Å². The molecule has 0 aromatic heterocycles. The van der Waals surface area contributed by atoms with Crippen LogP contribution in [0.2, 0.25) is 0 Å². The number of phenolic OH excluding ortho intramolecular Hbond substituents is 1. The van der Waals surface area contributed by atoms with Gasteiger partial charge in [-0.2, -0.15) is 10.4 Å². The second-order valence-electron chi connectivity index (χ2n) is 6.00. The zero-order valence-corrected chi connectivity index (χ0v) is 15.5. The number of anilines is 1. The van der Waals surface area contributed by atoms with Gasteiger partial charge in [-0.15, -0.1) is 0 Å². The fourth-order valence-corrected chi connectivity index (χ4v) is 2.75. The number of hydrazone groups is 1. The van der Waals surface area contributed by atoms with Gasteiger partial charge in [-0.3, -0.25) is 5.43 Å². The van der Waals surface area contributed by atoms with E-state index in [1.165, 1.54) is 19.2 Å².